The summed E-state index contributed by atoms with van der Waals surface area (Å²) in [6.45, 7) is 1.42. The van der Waals surface area contributed by atoms with Crippen molar-refractivity contribution < 1.29 is 14.4 Å². The van der Waals surface area contributed by atoms with Crippen molar-refractivity contribution in [3.63, 3.8) is 0 Å². The van der Waals surface area contributed by atoms with Crippen LogP contribution in [0.4, 0.5) is 4.79 Å². The smallest absolute Gasteiger partial charge is 0.325 e. The van der Waals surface area contributed by atoms with Crippen molar-refractivity contribution in [3.05, 3.63) is 35.9 Å². The first-order valence-electron chi connectivity index (χ1n) is 9.16. The van der Waals surface area contributed by atoms with E-state index in [0.717, 1.165) is 36.4 Å². The zero-order valence-electron chi connectivity index (χ0n) is 15.1. The molecule has 140 valence electrons. The summed E-state index contributed by atoms with van der Waals surface area (Å²) in [4.78, 5) is 38.5. The van der Waals surface area contributed by atoms with E-state index < -0.39 is 11.6 Å². The summed E-state index contributed by atoms with van der Waals surface area (Å²) in [6.07, 6.45) is 2.89. The van der Waals surface area contributed by atoms with E-state index in [0.29, 0.717) is 12.8 Å². The minimum atomic E-state index is -0.928. The summed E-state index contributed by atoms with van der Waals surface area (Å²) in [6, 6.07) is 9.49. The molecule has 0 saturated carbocycles. The first kappa shape index (κ1) is 18.4. The number of hydrogen-bond acceptors (Lipinski definition) is 4. The van der Waals surface area contributed by atoms with Crippen LogP contribution in [-0.4, -0.2) is 55.0 Å². The molecular weight excluding hydrogens is 332 g/mol. The molecule has 3 N–H and O–H groups in total. The van der Waals surface area contributed by atoms with Gasteiger partial charge in [-0.15, -0.1) is 0 Å². The molecule has 7 nitrogen and oxygen atoms in total. The molecule has 3 rings (SSSR count). The Kier molecular flexibility index (Phi) is 5.56. The van der Waals surface area contributed by atoms with Gasteiger partial charge < -0.3 is 16.0 Å². The topological polar surface area (TPSA) is 90.5 Å². The van der Waals surface area contributed by atoms with Crippen LogP contribution in [0.3, 0.4) is 0 Å². The summed E-state index contributed by atoms with van der Waals surface area (Å²) >= 11 is 0. The molecule has 1 aromatic rings. The van der Waals surface area contributed by atoms with Crippen molar-refractivity contribution in [2.45, 2.75) is 31.2 Å². The van der Waals surface area contributed by atoms with E-state index in [1.54, 1.807) is 0 Å². The molecule has 2 saturated heterocycles. The molecule has 0 aromatic heterocycles. The lowest BCUT2D eigenvalue weighted by atomic mass is 9.74. The second kappa shape index (κ2) is 7.86. The Morgan fingerprint density at radius 3 is 2.58 bits per heavy atom. The van der Waals surface area contributed by atoms with Crippen LogP contribution in [0.1, 0.15) is 24.8 Å². The van der Waals surface area contributed by atoms with Crippen molar-refractivity contribution in [2.24, 2.45) is 5.92 Å². The molecule has 0 bridgehead atoms. The maximum atomic E-state index is 13.3. The third kappa shape index (κ3) is 3.58. The van der Waals surface area contributed by atoms with Crippen LogP contribution in [0, 0.1) is 5.92 Å². The van der Waals surface area contributed by atoms with E-state index in [1.165, 1.54) is 7.05 Å². The summed E-state index contributed by atoms with van der Waals surface area (Å²) in [5.41, 5.74) is 0.205. The van der Waals surface area contributed by atoms with E-state index in [-0.39, 0.29) is 24.3 Å². The van der Waals surface area contributed by atoms with Crippen LogP contribution in [0.5, 0.6) is 0 Å². The quantitative estimate of drug-likeness (QED) is 0.652. The Balaban J connectivity index is 1.84. The molecule has 2 aliphatic rings. The van der Waals surface area contributed by atoms with E-state index in [4.69, 9.17) is 0 Å². The normalized spacial score (nSPS) is 23.8. The van der Waals surface area contributed by atoms with Gasteiger partial charge in [-0.3, -0.25) is 14.5 Å². The Hall–Kier alpha value is -2.41. The molecule has 1 aromatic carbocycles. The van der Waals surface area contributed by atoms with Gasteiger partial charge in [0.2, 0.25) is 5.91 Å². The van der Waals surface area contributed by atoms with Crippen molar-refractivity contribution in [1.82, 2.24) is 20.9 Å². The molecule has 2 heterocycles. The zero-order chi connectivity index (χ0) is 18.6. The monoisotopic (exact) mass is 358 g/mol. The maximum Gasteiger partial charge on any atom is 0.325 e. The number of likely N-dealkylation sites (N-methyl/N-ethyl adjacent to an activating group) is 1. The van der Waals surface area contributed by atoms with Gasteiger partial charge in [-0.05, 0) is 50.3 Å². The molecule has 0 radical (unpaired) electrons. The lowest BCUT2D eigenvalue weighted by Gasteiger charge is -2.38. The second-order valence-corrected chi connectivity index (χ2v) is 6.98. The molecule has 2 fully saturated rings. The molecular formula is C19H26N4O3. The molecule has 0 unspecified atom stereocenters. The third-order valence-electron chi connectivity index (χ3n) is 5.47. The number of carbonyl (C=O) groups is 3. The van der Waals surface area contributed by atoms with Crippen LogP contribution in [0.2, 0.25) is 0 Å². The van der Waals surface area contributed by atoms with E-state index in [9.17, 15) is 14.4 Å². The van der Waals surface area contributed by atoms with E-state index in [2.05, 4.69) is 16.0 Å². The first-order valence-corrected chi connectivity index (χ1v) is 9.16. The minimum Gasteiger partial charge on any atom is -0.358 e. The van der Waals surface area contributed by atoms with Crippen LogP contribution in [0.15, 0.2) is 30.3 Å². The lowest BCUT2D eigenvalue weighted by molar-refractivity contribution is -0.137. The summed E-state index contributed by atoms with van der Waals surface area (Å²) in [7, 11) is 1.50. The largest absolute Gasteiger partial charge is 0.358 e. The highest BCUT2D eigenvalue weighted by molar-refractivity contribution is 6.09. The van der Waals surface area contributed by atoms with Crippen molar-refractivity contribution in [3.8, 4) is 0 Å². The molecule has 2 aliphatic heterocycles. The summed E-state index contributed by atoms with van der Waals surface area (Å²) < 4.78 is 0. The fourth-order valence-electron chi connectivity index (χ4n) is 3.96. The molecule has 0 aliphatic carbocycles. The number of rotatable bonds is 6. The van der Waals surface area contributed by atoms with Gasteiger partial charge in [0.1, 0.15) is 12.1 Å². The van der Waals surface area contributed by atoms with Gasteiger partial charge in [-0.2, -0.15) is 0 Å². The fourth-order valence-corrected chi connectivity index (χ4v) is 3.96. The van der Waals surface area contributed by atoms with Gasteiger partial charge in [0.05, 0.1) is 0 Å². The Morgan fingerprint density at radius 1 is 1.23 bits per heavy atom. The third-order valence-corrected chi connectivity index (χ3v) is 5.47. The first-order chi connectivity index (χ1) is 12.6. The number of amides is 4. The standard InChI is InChI=1S/C19H26N4O3/c1-20-16(24)13-23-17(25)19(22-18(23)26,15-8-11-21-12-9-15)10-7-14-5-3-2-4-6-14/h2-6,15,21H,7-13H2,1H3,(H,20,24)(H,22,26)/t19-/m1/s1. The van der Waals surface area contributed by atoms with Gasteiger partial charge in [0.15, 0.2) is 0 Å². The summed E-state index contributed by atoms with van der Waals surface area (Å²) in [5.74, 6) is -0.551. The number of hydrogen-bond donors (Lipinski definition) is 3. The Morgan fingerprint density at radius 2 is 1.92 bits per heavy atom. The number of urea groups is 1. The number of piperidine rings is 1. The van der Waals surface area contributed by atoms with Gasteiger partial charge in [0, 0.05) is 7.05 Å². The number of benzene rings is 1. The zero-order valence-corrected chi connectivity index (χ0v) is 15.1. The van der Waals surface area contributed by atoms with Gasteiger partial charge in [-0.1, -0.05) is 30.3 Å². The maximum absolute atomic E-state index is 13.3. The van der Waals surface area contributed by atoms with Crippen molar-refractivity contribution >= 4 is 17.8 Å². The average molecular weight is 358 g/mol. The minimum absolute atomic E-state index is 0.0681. The number of carbonyl (C=O) groups excluding carboxylic acids is 3. The molecule has 26 heavy (non-hydrogen) atoms. The van der Waals surface area contributed by atoms with Crippen molar-refractivity contribution in [2.75, 3.05) is 26.7 Å². The van der Waals surface area contributed by atoms with Gasteiger partial charge in [-0.25, -0.2) is 4.79 Å². The molecule has 4 amide bonds. The van der Waals surface area contributed by atoms with Crippen molar-refractivity contribution in [1.29, 1.82) is 0 Å². The SMILES string of the molecule is CNC(=O)CN1C(=O)N[C@](CCc2ccccc2)(C2CCNCC2)C1=O. The number of nitrogens with zero attached hydrogens (tertiary/aromatic N) is 1. The summed E-state index contributed by atoms with van der Waals surface area (Å²) in [5, 5.41) is 8.75. The Bertz CT molecular complexity index is 673. The van der Waals surface area contributed by atoms with E-state index >= 15 is 0 Å². The number of imide groups is 1. The lowest BCUT2D eigenvalue weighted by Crippen LogP contribution is -2.56. The average Bonchev–Trinajstić information content (AvgIpc) is 2.93. The second-order valence-electron chi connectivity index (χ2n) is 6.98. The van der Waals surface area contributed by atoms with E-state index in [1.807, 2.05) is 30.3 Å². The molecule has 0 spiro atoms. The van der Waals surface area contributed by atoms with Gasteiger partial charge >= 0.3 is 6.03 Å². The highest BCUT2D eigenvalue weighted by Crippen LogP contribution is 2.35. The predicted octanol–water partition coefficient (Wildman–Crippen LogP) is 0.655. The molecule has 1 atom stereocenters. The van der Waals surface area contributed by atoms with Crippen LogP contribution in [-0.2, 0) is 16.0 Å². The number of nitrogens with one attached hydrogen (secondary N) is 3. The highest BCUT2D eigenvalue weighted by Gasteiger charge is 2.55. The van der Waals surface area contributed by atoms with Gasteiger partial charge in [0.25, 0.3) is 5.91 Å². The Labute approximate surface area is 153 Å². The predicted molar refractivity (Wildman–Crippen MR) is 97.4 cm³/mol. The van der Waals surface area contributed by atoms with Crippen LogP contribution in [0.25, 0.3) is 0 Å². The van der Waals surface area contributed by atoms with Crippen LogP contribution >= 0.6 is 0 Å². The van der Waals surface area contributed by atoms with Crippen LogP contribution < -0.4 is 16.0 Å². The highest BCUT2D eigenvalue weighted by atomic mass is 16.2. The molecule has 7 heteroatoms. The fraction of sp³-hybridized carbons (Fsp3) is 0.526. The number of aryl methyl sites for hydroxylation is 1.